The van der Waals surface area contributed by atoms with Crippen molar-refractivity contribution in [2.24, 2.45) is 17.8 Å². The lowest BCUT2D eigenvalue weighted by atomic mass is 9.93. The van der Waals surface area contributed by atoms with Crippen molar-refractivity contribution >= 4 is 39.5 Å². The first kappa shape index (κ1) is 29.6. The number of anilines is 1. The first-order valence-corrected chi connectivity index (χ1v) is 15.8. The van der Waals surface area contributed by atoms with Gasteiger partial charge in [-0.3, -0.25) is 24.4 Å². The van der Waals surface area contributed by atoms with E-state index in [1.807, 2.05) is 18.2 Å². The van der Waals surface area contributed by atoms with Gasteiger partial charge in [0.2, 0.25) is 21.8 Å². The third-order valence-corrected chi connectivity index (χ3v) is 10.4. The summed E-state index contributed by atoms with van der Waals surface area (Å²) in [5.74, 6) is -3.67. The molecule has 1 heterocycles. The summed E-state index contributed by atoms with van der Waals surface area (Å²) in [6.45, 7) is 0.503. The highest BCUT2D eigenvalue weighted by atomic mass is 32.2. The molecule has 13 heteroatoms. The van der Waals surface area contributed by atoms with Gasteiger partial charge < -0.3 is 15.0 Å². The van der Waals surface area contributed by atoms with Crippen LogP contribution in [0, 0.1) is 29.1 Å². The molecule has 1 aliphatic heterocycles. The molecular formula is C29H35N5O7S. The summed E-state index contributed by atoms with van der Waals surface area (Å²) in [5.41, 5.74) is -0.904. The summed E-state index contributed by atoms with van der Waals surface area (Å²) in [4.78, 5) is 54.9. The SMILES string of the molecule is CN1CCCC/C=C\C2C[C@@]2(C(=O)NS(=O)(=O)C2CC2)NC(=O)[C@@H]2C[C@@H](OC(=O)Nc3ccccc3C#N)C[C@H]2C1=O. The smallest absolute Gasteiger partial charge is 0.411 e. The summed E-state index contributed by atoms with van der Waals surface area (Å²) in [5, 5.41) is 14.1. The fraction of sp³-hybridized carbons (Fsp3) is 0.552. The third-order valence-electron chi connectivity index (χ3n) is 8.55. The molecule has 0 radical (unpaired) electrons. The van der Waals surface area contributed by atoms with Crippen molar-refractivity contribution in [3.63, 3.8) is 0 Å². The Bertz CT molecular complexity index is 1450. The zero-order chi connectivity index (χ0) is 30.1. The van der Waals surface area contributed by atoms with Crippen LogP contribution in [0.15, 0.2) is 36.4 Å². The molecule has 42 heavy (non-hydrogen) atoms. The predicted molar refractivity (Wildman–Crippen MR) is 151 cm³/mol. The van der Waals surface area contributed by atoms with E-state index in [2.05, 4.69) is 15.4 Å². The van der Waals surface area contributed by atoms with Gasteiger partial charge in [-0.1, -0.05) is 24.3 Å². The highest BCUT2D eigenvalue weighted by molar-refractivity contribution is 7.91. The molecule has 1 aromatic rings. The van der Waals surface area contributed by atoms with Gasteiger partial charge in [-0.05, 0) is 63.5 Å². The maximum atomic E-state index is 13.8. The monoisotopic (exact) mass is 597 g/mol. The average Bonchev–Trinajstić information content (AvgIpc) is 3.87. The fourth-order valence-electron chi connectivity index (χ4n) is 5.87. The summed E-state index contributed by atoms with van der Waals surface area (Å²) in [6, 6.07) is 8.43. The molecule has 12 nitrogen and oxygen atoms in total. The van der Waals surface area contributed by atoms with Gasteiger partial charge in [0.1, 0.15) is 17.7 Å². The number of allylic oxidation sites excluding steroid dienone is 1. The van der Waals surface area contributed by atoms with E-state index in [1.54, 1.807) is 36.2 Å². The van der Waals surface area contributed by atoms with Crippen molar-refractivity contribution in [1.82, 2.24) is 14.9 Å². The Labute approximate surface area is 244 Å². The molecule has 5 atom stereocenters. The molecule has 1 aromatic carbocycles. The van der Waals surface area contributed by atoms with E-state index < -0.39 is 56.7 Å². The zero-order valence-electron chi connectivity index (χ0n) is 23.4. The maximum Gasteiger partial charge on any atom is 0.411 e. The van der Waals surface area contributed by atoms with E-state index in [4.69, 9.17) is 4.74 Å². The lowest BCUT2D eigenvalue weighted by Crippen LogP contribution is -2.54. The van der Waals surface area contributed by atoms with Crippen molar-refractivity contribution in [2.75, 3.05) is 18.9 Å². The number of carbonyl (C=O) groups is 4. The molecule has 0 bridgehead atoms. The van der Waals surface area contributed by atoms with Crippen LogP contribution in [-0.4, -0.2) is 67.6 Å². The minimum absolute atomic E-state index is 0.0436. The third kappa shape index (κ3) is 6.28. The maximum absolute atomic E-state index is 13.8. The number of nitrogens with one attached hydrogen (secondary N) is 3. The van der Waals surface area contributed by atoms with Gasteiger partial charge in [0.05, 0.1) is 28.3 Å². The van der Waals surface area contributed by atoms with Gasteiger partial charge in [-0.2, -0.15) is 5.26 Å². The Morgan fingerprint density at radius 2 is 1.88 bits per heavy atom. The normalized spacial score (nSPS) is 30.4. The van der Waals surface area contributed by atoms with E-state index in [0.717, 1.165) is 19.3 Å². The van der Waals surface area contributed by atoms with Gasteiger partial charge >= 0.3 is 6.09 Å². The number of sulfonamides is 1. The van der Waals surface area contributed by atoms with Crippen LogP contribution >= 0.6 is 0 Å². The Hall–Kier alpha value is -3.92. The Kier molecular flexibility index (Phi) is 8.28. The van der Waals surface area contributed by atoms with Crippen LogP contribution in [0.2, 0.25) is 0 Å². The predicted octanol–water partition coefficient (Wildman–Crippen LogP) is 2.18. The van der Waals surface area contributed by atoms with E-state index in [9.17, 15) is 32.9 Å². The summed E-state index contributed by atoms with van der Waals surface area (Å²) in [6.07, 6.45) is 5.83. The highest BCUT2D eigenvalue weighted by Gasteiger charge is 2.62. The van der Waals surface area contributed by atoms with Gasteiger partial charge in [-0.25, -0.2) is 13.2 Å². The standard InChI is InChI=1S/C29H35N5O7S/c1-34-13-7-3-2-4-9-19-16-29(19,27(37)33-42(39,40)21-11-12-21)32-25(35)22-14-20(15-23(22)26(34)36)41-28(38)31-24-10-6-5-8-18(24)17-30/h4-6,8-10,19-23H,2-3,7,11-16H2,1H3,(H,31,38)(H,32,35)(H,33,37)/b9-4-/t19?,20-,22-,23-,29-/m1/s1. The second-order valence-corrected chi connectivity index (χ2v) is 13.6. The lowest BCUT2D eigenvalue weighted by molar-refractivity contribution is -0.140. The van der Waals surface area contributed by atoms with Crippen molar-refractivity contribution in [3.8, 4) is 6.07 Å². The van der Waals surface area contributed by atoms with Crippen LogP contribution in [0.3, 0.4) is 0 Å². The van der Waals surface area contributed by atoms with Gasteiger partial charge in [-0.15, -0.1) is 0 Å². The molecule has 0 aromatic heterocycles. The van der Waals surface area contributed by atoms with Gasteiger partial charge in [0.25, 0.3) is 5.91 Å². The number of para-hydroxylation sites is 1. The van der Waals surface area contributed by atoms with Crippen molar-refractivity contribution in [2.45, 2.75) is 68.3 Å². The molecule has 1 unspecified atom stereocenters. The number of hydrogen-bond acceptors (Lipinski definition) is 8. The topological polar surface area (TPSA) is 175 Å². The van der Waals surface area contributed by atoms with Crippen LogP contribution in [0.5, 0.6) is 0 Å². The number of carbonyl (C=O) groups excluding carboxylic acids is 4. The fourth-order valence-corrected chi connectivity index (χ4v) is 7.24. The lowest BCUT2D eigenvalue weighted by Gasteiger charge is -2.26. The first-order chi connectivity index (χ1) is 20.0. The molecule has 5 rings (SSSR count). The van der Waals surface area contributed by atoms with Crippen molar-refractivity contribution < 1.29 is 32.3 Å². The Balaban J connectivity index is 1.35. The first-order valence-electron chi connectivity index (χ1n) is 14.3. The summed E-state index contributed by atoms with van der Waals surface area (Å²) < 4.78 is 32.9. The molecule has 3 N–H and O–H groups in total. The van der Waals surface area contributed by atoms with E-state index in [0.29, 0.717) is 19.4 Å². The van der Waals surface area contributed by atoms with E-state index in [-0.39, 0.29) is 42.3 Å². The number of fused-ring (bicyclic) bond motifs is 2. The minimum Gasteiger partial charge on any atom is -0.446 e. The second kappa shape index (κ2) is 11.8. The largest absolute Gasteiger partial charge is 0.446 e. The number of amides is 4. The molecule has 3 saturated carbocycles. The molecule has 4 amide bonds. The highest BCUT2D eigenvalue weighted by Crippen LogP contribution is 2.47. The molecular weight excluding hydrogens is 562 g/mol. The molecule has 4 aliphatic rings. The van der Waals surface area contributed by atoms with Crippen LogP contribution in [0.1, 0.15) is 56.9 Å². The zero-order valence-corrected chi connectivity index (χ0v) is 24.2. The number of nitriles is 1. The number of ether oxygens (including phenoxy) is 1. The molecule has 3 aliphatic carbocycles. The Morgan fingerprint density at radius 1 is 1.14 bits per heavy atom. The quantitative estimate of drug-likeness (QED) is 0.433. The molecule has 224 valence electrons. The average molecular weight is 598 g/mol. The van der Waals surface area contributed by atoms with Crippen LogP contribution in [0.25, 0.3) is 0 Å². The molecule has 0 spiro atoms. The Morgan fingerprint density at radius 3 is 2.62 bits per heavy atom. The number of nitrogens with zero attached hydrogens (tertiary/aromatic N) is 2. The number of rotatable bonds is 5. The van der Waals surface area contributed by atoms with Gasteiger partial charge in [0, 0.05) is 19.5 Å². The van der Waals surface area contributed by atoms with Crippen LogP contribution in [-0.2, 0) is 29.1 Å². The number of hydrogen-bond donors (Lipinski definition) is 3. The van der Waals surface area contributed by atoms with Crippen molar-refractivity contribution in [3.05, 3.63) is 42.0 Å². The van der Waals surface area contributed by atoms with E-state index in [1.165, 1.54) is 0 Å². The number of benzene rings is 1. The van der Waals surface area contributed by atoms with Gasteiger partial charge in [0.15, 0.2) is 0 Å². The summed E-state index contributed by atoms with van der Waals surface area (Å²) >= 11 is 0. The van der Waals surface area contributed by atoms with Crippen LogP contribution in [0.4, 0.5) is 10.5 Å². The van der Waals surface area contributed by atoms with Crippen molar-refractivity contribution in [1.29, 1.82) is 5.26 Å². The van der Waals surface area contributed by atoms with Crippen LogP contribution < -0.4 is 15.4 Å². The molecule has 3 fully saturated rings. The summed E-state index contributed by atoms with van der Waals surface area (Å²) in [7, 11) is -2.16. The van der Waals surface area contributed by atoms with E-state index >= 15 is 0 Å². The molecule has 0 saturated heterocycles. The second-order valence-electron chi connectivity index (χ2n) is 11.6. The minimum atomic E-state index is -3.83.